The van der Waals surface area contributed by atoms with Gasteiger partial charge in [0.05, 0.1) is 11.0 Å². The molecular formula is C25H23N3O. The number of anilines is 1. The van der Waals surface area contributed by atoms with Gasteiger partial charge in [-0.15, -0.1) is 0 Å². The lowest BCUT2D eigenvalue weighted by atomic mass is 10.1. The minimum Gasteiger partial charge on any atom is -0.323 e. The van der Waals surface area contributed by atoms with E-state index in [1.165, 1.54) is 11.1 Å². The first-order chi connectivity index (χ1) is 14.2. The molecule has 0 aliphatic carbocycles. The zero-order chi connectivity index (χ0) is 19.8. The molecule has 1 fully saturated rings. The third kappa shape index (κ3) is 3.21. The van der Waals surface area contributed by atoms with Crippen LogP contribution >= 0.6 is 0 Å². The van der Waals surface area contributed by atoms with E-state index in [1.54, 1.807) is 0 Å². The maximum Gasteiger partial charge on any atom is 0.227 e. The Hall–Kier alpha value is -3.40. The molecule has 0 N–H and O–H groups in total. The Morgan fingerprint density at radius 2 is 1.66 bits per heavy atom. The first-order valence-electron chi connectivity index (χ1n) is 10.1. The quantitative estimate of drug-likeness (QED) is 0.504. The molecule has 4 heteroatoms. The summed E-state index contributed by atoms with van der Waals surface area (Å²) in [6.45, 7) is 3.57. The molecule has 1 aliphatic rings. The van der Waals surface area contributed by atoms with Crippen molar-refractivity contribution in [1.29, 1.82) is 0 Å². The van der Waals surface area contributed by atoms with Gasteiger partial charge in [0, 0.05) is 31.1 Å². The van der Waals surface area contributed by atoms with Crippen molar-refractivity contribution in [3.63, 3.8) is 0 Å². The summed E-state index contributed by atoms with van der Waals surface area (Å²) in [5.74, 6) is 1.25. The van der Waals surface area contributed by atoms with Crippen molar-refractivity contribution in [2.45, 2.75) is 25.8 Å². The molecule has 29 heavy (non-hydrogen) atoms. The Morgan fingerprint density at radius 1 is 0.931 bits per heavy atom. The average molecular weight is 381 g/mol. The van der Waals surface area contributed by atoms with E-state index >= 15 is 0 Å². The van der Waals surface area contributed by atoms with Crippen LogP contribution in [-0.4, -0.2) is 22.0 Å². The molecule has 2 heterocycles. The van der Waals surface area contributed by atoms with Crippen molar-refractivity contribution >= 4 is 22.6 Å². The highest BCUT2D eigenvalue weighted by atomic mass is 16.2. The molecule has 4 nitrogen and oxygen atoms in total. The van der Waals surface area contributed by atoms with Gasteiger partial charge in [-0.05, 0) is 42.3 Å². The van der Waals surface area contributed by atoms with Gasteiger partial charge < -0.3 is 9.47 Å². The van der Waals surface area contributed by atoms with Crippen LogP contribution in [-0.2, 0) is 11.3 Å². The van der Waals surface area contributed by atoms with Crippen molar-refractivity contribution < 1.29 is 4.79 Å². The number of amides is 1. The molecule has 1 amide bonds. The van der Waals surface area contributed by atoms with Crippen molar-refractivity contribution in [3.05, 3.63) is 95.8 Å². The molecule has 1 aliphatic heterocycles. The van der Waals surface area contributed by atoms with E-state index in [-0.39, 0.29) is 11.8 Å². The number of aryl methyl sites for hydroxylation is 1. The number of carbonyl (C=O) groups excluding carboxylic acids is 1. The molecule has 4 aromatic rings. The third-order valence-corrected chi connectivity index (χ3v) is 5.83. The number of fused-ring (bicyclic) bond motifs is 1. The van der Waals surface area contributed by atoms with E-state index in [2.05, 4.69) is 54.0 Å². The van der Waals surface area contributed by atoms with E-state index in [0.29, 0.717) is 13.0 Å². The first-order valence-corrected chi connectivity index (χ1v) is 10.1. The Balaban J connectivity index is 1.55. The lowest BCUT2D eigenvalue weighted by molar-refractivity contribution is -0.117. The van der Waals surface area contributed by atoms with Gasteiger partial charge in [-0.3, -0.25) is 4.79 Å². The van der Waals surface area contributed by atoms with Crippen LogP contribution in [0.4, 0.5) is 5.69 Å². The molecule has 3 aromatic carbocycles. The van der Waals surface area contributed by atoms with Gasteiger partial charge in [-0.1, -0.05) is 54.6 Å². The van der Waals surface area contributed by atoms with Gasteiger partial charge in [-0.25, -0.2) is 4.98 Å². The minimum atomic E-state index is 0.0825. The first kappa shape index (κ1) is 17.7. The molecule has 0 saturated carbocycles. The van der Waals surface area contributed by atoms with Crippen LogP contribution in [0.25, 0.3) is 11.0 Å². The maximum atomic E-state index is 12.8. The van der Waals surface area contributed by atoms with Gasteiger partial charge in [-0.2, -0.15) is 0 Å². The third-order valence-electron chi connectivity index (χ3n) is 5.83. The lowest BCUT2D eigenvalue weighted by Crippen LogP contribution is -2.24. The molecule has 144 valence electrons. The van der Waals surface area contributed by atoms with E-state index in [4.69, 9.17) is 4.98 Å². The van der Waals surface area contributed by atoms with Gasteiger partial charge in [0.15, 0.2) is 0 Å². The largest absolute Gasteiger partial charge is 0.323 e. The maximum absolute atomic E-state index is 12.8. The van der Waals surface area contributed by atoms with Crippen LogP contribution in [0.15, 0.2) is 78.9 Å². The van der Waals surface area contributed by atoms with Crippen LogP contribution in [0, 0.1) is 6.92 Å². The number of benzene rings is 3. The van der Waals surface area contributed by atoms with Crippen molar-refractivity contribution in [1.82, 2.24) is 9.55 Å². The summed E-state index contributed by atoms with van der Waals surface area (Å²) in [5.41, 5.74) is 5.62. The number of para-hydroxylation sites is 3. The second kappa shape index (κ2) is 7.21. The lowest BCUT2D eigenvalue weighted by Gasteiger charge is -2.18. The molecule has 1 atom stereocenters. The van der Waals surface area contributed by atoms with Crippen molar-refractivity contribution in [3.8, 4) is 0 Å². The highest BCUT2D eigenvalue weighted by Crippen LogP contribution is 2.33. The zero-order valence-corrected chi connectivity index (χ0v) is 16.5. The fraction of sp³-hybridized carbons (Fsp3) is 0.200. The monoisotopic (exact) mass is 381 g/mol. The number of hydrogen-bond acceptors (Lipinski definition) is 2. The molecular weight excluding hydrogens is 358 g/mol. The standard InChI is InChI=1S/C25H23N3O/c1-18-9-5-6-10-19(18)16-28-23-14-8-7-13-22(23)26-25(28)20-15-24(29)27(17-20)21-11-3-2-4-12-21/h2-14,20H,15-17H2,1H3. The smallest absolute Gasteiger partial charge is 0.227 e. The average Bonchev–Trinajstić information content (AvgIpc) is 3.31. The molecule has 0 spiro atoms. The predicted octanol–water partition coefficient (Wildman–Crippen LogP) is 4.91. The number of carbonyl (C=O) groups is 1. The minimum absolute atomic E-state index is 0.0825. The van der Waals surface area contributed by atoms with Crippen LogP contribution in [0.3, 0.4) is 0 Å². The number of rotatable bonds is 4. The summed E-state index contributed by atoms with van der Waals surface area (Å²) >= 11 is 0. The topological polar surface area (TPSA) is 38.1 Å². The highest BCUT2D eigenvalue weighted by Gasteiger charge is 2.34. The molecule has 5 rings (SSSR count). The molecule has 1 saturated heterocycles. The predicted molar refractivity (Wildman–Crippen MR) is 116 cm³/mol. The second-order valence-corrected chi connectivity index (χ2v) is 7.71. The van der Waals surface area contributed by atoms with Crippen LogP contribution in [0.5, 0.6) is 0 Å². The van der Waals surface area contributed by atoms with Gasteiger partial charge >= 0.3 is 0 Å². The molecule has 1 unspecified atom stereocenters. The van der Waals surface area contributed by atoms with Crippen molar-refractivity contribution in [2.24, 2.45) is 0 Å². The molecule has 0 bridgehead atoms. The fourth-order valence-corrected chi connectivity index (χ4v) is 4.27. The normalized spacial score (nSPS) is 16.7. The summed E-state index contributed by atoms with van der Waals surface area (Å²) in [6, 6.07) is 26.6. The Bertz CT molecular complexity index is 1180. The van der Waals surface area contributed by atoms with E-state index < -0.39 is 0 Å². The van der Waals surface area contributed by atoms with Crippen LogP contribution < -0.4 is 4.90 Å². The Morgan fingerprint density at radius 3 is 2.48 bits per heavy atom. The number of hydrogen-bond donors (Lipinski definition) is 0. The Labute approximate surface area is 170 Å². The van der Waals surface area contributed by atoms with Gasteiger partial charge in [0.2, 0.25) is 5.91 Å². The number of imidazole rings is 1. The van der Waals surface area contributed by atoms with E-state index in [9.17, 15) is 4.79 Å². The van der Waals surface area contributed by atoms with Gasteiger partial charge in [0.25, 0.3) is 0 Å². The fourth-order valence-electron chi connectivity index (χ4n) is 4.27. The highest BCUT2D eigenvalue weighted by molar-refractivity contribution is 5.96. The second-order valence-electron chi connectivity index (χ2n) is 7.71. The number of aromatic nitrogens is 2. The van der Waals surface area contributed by atoms with Crippen LogP contribution in [0.1, 0.15) is 29.3 Å². The zero-order valence-electron chi connectivity index (χ0n) is 16.5. The van der Waals surface area contributed by atoms with Gasteiger partial charge in [0.1, 0.15) is 5.82 Å². The SMILES string of the molecule is Cc1ccccc1Cn1c(C2CC(=O)N(c3ccccc3)C2)nc2ccccc21. The summed E-state index contributed by atoms with van der Waals surface area (Å²) in [4.78, 5) is 19.6. The van der Waals surface area contributed by atoms with Crippen LogP contribution in [0.2, 0.25) is 0 Å². The molecule has 1 aromatic heterocycles. The van der Waals surface area contributed by atoms with Crippen molar-refractivity contribution in [2.75, 3.05) is 11.4 Å². The molecule has 0 radical (unpaired) electrons. The van der Waals surface area contributed by atoms with E-state index in [0.717, 1.165) is 29.1 Å². The summed E-state index contributed by atoms with van der Waals surface area (Å²) in [5, 5.41) is 0. The summed E-state index contributed by atoms with van der Waals surface area (Å²) in [7, 11) is 0. The summed E-state index contributed by atoms with van der Waals surface area (Å²) < 4.78 is 2.30. The van der Waals surface area contributed by atoms with E-state index in [1.807, 2.05) is 41.3 Å². The summed E-state index contributed by atoms with van der Waals surface area (Å²) in [6.07, 6.45) is 0.492. The Kier molecular flexibility index (Phi) is 4.39. The number of nitrogens with zero attached hydrogens (tertiary/aromatic N) is 3.